The van der Waals surface area contributed by atoms with Crippen molar-refractivity contribution in [2.24, 2.45) is 34.5 Å². The van der Waals surface area contributed by atoms with Crippen molar-refractivity contribution in [1.29, 1.82) is 0 Å². The Morgan fingerprint density at radius 1 is 1.05 bits per heavy atom. The lowest BCUT2D eigenvalue weighted by atomic mass is 9.58. The van der Waals surface area contributed by atoms with Gasteiger partial charge < -0.3 is 5.11 Å². The monoisotopic (exact) mass is 264 g/mol. The number of rotatable bonds is 2. The molecule has 0 aliphatic heterocycles. The summed E-state index contributed by atoms with van der Waals surface area (Å²) in [7, 11) is 0. The third-order valence-electron chi connectivity index (χ3n) is 7.92. The van der Waals surface area contributed by atoms with Crippen LogP contribution in [0.3, 0.4) is 0 Å². The van der Waals surface area contributed by atoms with Gasteiger partial charge in [-0.2, -0.15) is 0 Å². The highest BCUT2D eigenvalue weighted by molar-refractivity contribution is 5.12. The van der Waals surface area contributed by atoms with Crippen molar-refractivity contribution in [1.82, 2.24) is 0 Å². The molecule has 6 atom stereocenters. The first-order valence-electron chi connectivity index (χ1n) is 8.58. The van der Waals surface area contributed by atoms with E-state index in [1.165, 1.54) is 32.1 Å². The molecule has 0 heterocycles. The summed E-state index contributed by atoms with van der Waals surface area (Å²) in [4.78, 5) is 0. The number of hydrogen-bond donors (Lipinski definition) is 1. The number of fused-ring (bicyclic) bond motifs is 2. The fourth-order valence-electron chi connectivity index (χ4n) is 6.16. The molecule has 1 N–H and O–H groups in total. The van der Waals surface area contributed by atoms with Gasteiger partial charge in [-0.3, -0.25) is 0 Å². The highest BCUT2D eigenvalue weighted by Crippen LogP contribution is 2.70. The molecule has 0 amide bonds. The van der Waals surface area contributed by atoms with Crippen molar-refractivity contribution in [3.63, 3.8) is 0 Å². The quantitative estimate of drug-likeness (QED) is 0.770. The Morgan fingerprint density at radius 3 is 2.32 bits per heavy atom. The van der Waals surface area contributed by atoms with Gasteiger partial charge in [0.15, 0.2) is 0 Å². The Morgan fingerprint density at radius 2 is 1.79 bits per heavy atom. The molecular weight excluding hydrogens is 232 g/mol. The van der Waals surface area contributed by atoms with E-state index in [0.717, 1.165) is 36.5 Å². The molecule has 3 fully saturated rings. The third kappa shape index (κ3) is 1.83. The van der Waals surface area contributed by atoms with Crippen molar-refractivity contribution >= 4 is 0 Å². The minimum atomic E-state index is -0.0151. The van der Waals surface area contributed by atoms with Crippen molar-refractivity contribution in [2.75, 3.05) is 0 Å². The van der Waals surface area contributed by atoms with Gasteiger partial charge in [0.1, 0.15) is 0 Å². The van der Waals surface area contributed by atoms with Gasteiger partial charge in [-0.1, -0.05) is 34.1 Å². The van der Waals surface area contributed by atoms with Crippen LogP contribution in [0.25, 0.3) is 0 Å². The maximum atomic E-state index is 10.1. The molecular formula is C18H32O. The maximum Gasteiger partial charge on any atom is 0.0543 e. The van der Waals surface area contributed by atoms with Crippen molar-refractivity contribution in [3.05, 3.63) is 0 Å². The minimum Gasteiger partial charge on any atom is -0.393 e. The number of hydrogen-bond acceptors (Lipinski definition) is 1. The van der Waals surface area contributed by atoms with Crippen LogP contribution in [-0.4, -0.2) is 11.2 Å². The van der Waals surface area contributed by atoms with Crippen LogP contribution in [0.4, 0.5) is 0 Å². The molecule has 2 bridgehead atoms. The molecule has 110 valence electrons. The third-order valence-corrected chi connectivity index (χ3v) is 7.92. The van der Waals surface area contributed by atoms with Crippen LogP contribution in [0.15, 0.2) is 0 Å². The second kappa shape index (κ2) is 4.48. The van der Waals surface area contributed by atoms with Gasteiger partial charge in [0.2, 0.25) is 0 Å². The first kappa shape index (κ1) is 13.9. The van der Waals surface area contributed by atoms with Crippen molar-refractivity contribution < 1.29 is 5.11 Å². The second-order valence-electron chi connectivity index (χ2n) is 8.52. The molecule has 3 aliphatic rings. The molecule has 0 saturated heterocycles. The molecule has 3 aliphatic carbocycles. The summed E-state index contributed by atoms with van der Waals surface area (Å²) in [6.45, 7) is 9.96. The highest BCUT2D eigenvalue weighted by Gasteiger charge is 2.63. The normalized spacial score (nSPS) is 52.6. The minimum absolute atomic E-state index is 0.0151. The molecule has 19 heavy (non-hydrogen) atoms. The predicted octanol–water partition coefficient (Wildman–Crippen LogP) is 4.64. The molecule has 1 heteroatoms. The van der Waals surface area contributed by atoms with Gasteiger partial charge >= 0.3 is 0 Å². The first-order valence-corrected chi connectivity index (χ1v) is 8.58. The van der Waals surface area contributed by atoms with E-state index < -0.39 is 0 Å². The topological polar surface area (TPSA) is 20.2 Å². The molecule has 0 spiro atoms. The van der Waals surface area contributed by atoms with E-state index in [1.807, 2.05) is 0 Å². The number of aliphatic hydroxyl groups excluding tert-OH is 1. The van der Waals surface area contributed by atoms with Crippen LogP contribution in [-0.2, 0) is 0 Å². The molecule has 0 aromatic carbocycles. The van der Waals surface area contributed by atoms with E-state index in [-0.39, 0.29) is 6.10 Å². The maximum absolute atomic E-state index is 10.1. The Kier molecular flexibility index (Phi) is 3.28. The summed E-state index contributed by atoms with van der Waals surface area (Å²) in [6.07, 6.45) is 9.02. The van der Waals surface area contributed by atoms with E-state index in [0.29, 0.717) is 10.8 Å². The van der Waals surface area contributed by atoms with Gasteiger partial charge in [0.05, 0.1) is 6.10 Å². The molecule has 0 aromatic rings. The van der Waals surface area contributed by atoms with Gasteiger partial charge in [-0.05, 0) is 73.0 Å². The number of aliphatic hydroxyl groups is 1. The Labute approximate surface area is 119 Å². The summed E-state index contributed by atoms with van der Waals surface area (Å²) in [5.74, 6) is 3.49. The van der Waals surface area contributed by atoms with Gasteiger partial charge in [0.25, 0.3) is 0 Å². The molecule has 0 aromatic heterocycles. The Balaban J connectivity index is 1.86. The molecule has 3 saturated carbocycles. The summed E-state index contributed by atoms with van der Waals surface area (Å²) < 4.78 is 0. The Hall–Kier alpha value is -0.0400. The van der Waals surface area contributed by atoms with Crippen LogP contribution in [0.5, 0.6) is 0 Å². The average Bonchev–Trinajstić information content (AvgIpc) is 2.71. The molecule has 3 rings (SSSR count). The van der Waals surface area contributed by atoms with Gasteiger partial charge in [-0.25, -0.2) is 0 Å². The van der Waals surface area contributed by atoms with Crippen LogP contribution in [0.1, 0.15) is 72.6 Å². The fourth-order valence-corrected chi connectivity index (χ4v) is 6.16. The molecule has 3 unspecified atom stereocenters. The van der Waals surface area contributed by atoms with Crippen molar-refractivity contribution in [3.8, 4) is 0 Å². The predicted molar refractivity (Wildman–Crippen MR) is 79.8 cm³/mol. The lowest BCUT2D eigenvalue weighted by molar-refractivity contribution is -0.0138. The van der Waals surface area contributed by atoms with Gasteiger partial charge in [-0.15, -0.1) is 0 Å². The zero-order valence-corrected chi connectivity index (χ0v) is 13.3. The summed E-state index contributed by atoms with van der Waals surface area (Å²) in [5, 5.41) is 10.1. The Bertz CT molecular complexity index is 348. The zero-order chi connectivity index (χ0) is 13.8. The molecule has 1 nitrogen and oxygen atoms in total. The highest BCUT2D eigenvalue weighted by atomic mass is 16.3. The van der Waals surface area contributed by atoms with Gasteiger partial charge in [0, 0.05) is 0 Å². The molecule has 0 radical (unpaired) electrons. The van der Waals surface area contributed by atoms with Crippen molar-refractivity contribution in [2.45, 2.75) is 78.7 Å². The smallest absolute Gasteiger partial charge is 0.0543 e. The SMILES string of the molecule is CCC1CCC(O)CC1[C@H]1C[C@@H]2CC[C@@]1(C)C2(C)C. The van der Waals surface area contributed by atoms with Crippen LogP contribution >= 0.6 is 0 Å². The van der Waals surface area contributed by atoms with E-state index in [4.69, 9.17) is 0 Å². The summed E-state index contributed by atoms with van der Waals surface area (Å²) in [5.41, 5.74) is 1.06. The largest absolute Gasteiger partial charge is 0.393 e. The second-order valence-corrected chi connectivity index (χ2v) is 8.52. The zero-order valence-electron chi connectivity index (χ0n) is 13.3. The lowest BCUT2D eigenvalue weighted by Crippen LogP contribution is -2.41. The first-order chi connectivity index (χ1) is 8.90. The summed E-state index contributed by atoms with van der Waals surface area (Å²) in [6, 6.07) is 0. The van der Waals surface area contributed by atoms with Crippen LogP contribution in [0.2, 0.25) is 0 Å². The van der Waals surface area contributed by atoms with E-state index >= 15 is 0 Å². The van der Waals surface area contributed by atoms with E-state index in [2.05, 4.69) is 27.7 Å². The fraction of sp³-hybridized carbons (Fsp3) is 1.00. The summed E-state index contributed by atoms with van der Waals surface area (Å²) >= 11 is 0. The van der Waals surface area contributed by atoms with Crippen LogP contribution < -0.4 is 0 Å². The van der Waals surface area contributed by atoms with E-state index in [1.54, 1.807) is 0 Å². The standard InChI is InChI=1S/C18H32O/c1-5-12-6-7-14(19)11-15(12)16-10-13-8-9-18(16,4)17(13,2)3/h12-16,19H,5-11H2,1-4H3/t12?,13-,14?,15?,16+,18+/m0/s1. The lowest BCUT2D eigenvalue weighted by Gasteiger charge is -2.47. The van der Waals surface area contributed by atoms with E-state index in [9.17, 15) is 5.11 Å². The van der Waals surface area contributed by atoms with Crippen LogP contribution in [0, 0.1) is 34.5 Å². The average molecular weight is 264 g/mol.